The molecule has 33 heavy (non-hydrogen) atoms. The number of aromatic amines is 1. The molecule has 0 fully saturated rings. The quantitative estimate of drug-likeness (QED) is 0.425. The van der Waals surface area contributed by atoms with Crippen LogP contribution in [0.25, 0.3) is 22.0 Å². The molecule has 4 N–H and O–H groups in total. The number of nitrogen functional groups attached to an aromatic ring is 1. The molecule has 0 atom stereocenters. The van der Waals surface area contributed by atoms with Crippen molar-refractivity contribution in [2.45, 2.75) is 47.2 Å². The number of H-pyrrole nitrogens is 1. The number of carbonyl (C=O) groups is 1. The van der Waals surface area contributed by atoms with Crippen molar-refractivity contribution >= 4 is 22.6 Å². The zero-order chi connectivity index (χ0) is 23.9. The molecule has 0 radical (unpaired) electrons. The molecule has 4 rings (SSSR count). The van der Waals surface area contributed by atoms with Gasteiger partial charge >= 0.3 is 0 Å². The van der Waals surface area contributed by atoms with Gasteiger partial charge in [0.2, 0.25) is 0 Å². The molecule has 0 aliphatic heterocycles. The van der Waals surface area contributed by atoms with Crippen molar-refractivity contribution in [2.75, 3.05) is 5.73 Å². The summed E-state index contributed by atoms with van der Waals surface area (Å²) in [6.07, 6.45) is 3.79. The smallest absolute Gasteiger partial charge is 0.253 e. The summed E-state index contributed by atoms with van der Waals surface area (Å²) in [6, 6.07) is 9.75. The first-order chi connectivity index (χ1) is 15.7. The summed E-state index contributed by atoms with van der Waals surface area (Å²) in [5.74, 6) is 0.215. The molecule has 4 aromatic rings. The molecule has 3 heterocycles. The number of amides is 1. The van der Waals surface area contributed by atoms with E-state index in [1.165, 1.54) is 0 Å². The maximum absolute atomic E-state index is 13.4. The molecule has 0 aliphatic carbocycles. The third-order valence-electron chi connectivity index (χ3n) is 5.96. The summed E-state index contributed by atoms with van der Waals surface area (Å²) in [5, 5.41) is 3.86. The van der Waals surface area contributed by atoms with E-state index < -0.39 is 0 Å². The first-order valence-corrected chi connectivity index (χ1v) is 11.0. The molecule has 1 amide bonds. The van der Waals surface area contributed by atoms with Crippen LogP contribution in [-0.4, -0.2) is 20.4 Å². The Bertz CT molecular complexity index is 1410. The third kappa shape index (κ3) is 4.26. The Morgan fingerprint density at radius 1 is 1.12 bits per heavy atom. The Kier molecular flexibility index (Phi) is 5.80. The highest BCUT2D eigenvalue weighted by molar-refractivity contribution is 6.09. The van der Waals surface area contributed by atoms with Gasteiger partial charge in [-0.05, 0) is 81.6 Å². The Balaban J connectivity index is 1.80. The van der Waals surface area contributed by atoms with E-state index in [9.17, 15) is 9.59 Å². The number of pyridine rings is 2. The van der Waals surface area contributed by atoms with Gasteiger partial charge in [0.1, 0.15) is 5.82 Å². The summed E-state index contributed by atoms with van der Waals surface area (Å²) >= 11 is 0. The largest absolute Gasteiger partial charge is 0.384 e. The van der Waals surface area contributed by atoms with E-state index in [2.05, 4.69) is 46.0 Å². The monoisotopic (exact) mass is 443 g/mol. The number of nitrogens with one attached hydrogen (secondary N) is 2. The Hall–Kier alpha value is -3.87. The second kappa shape index (κ2) is 8.58. The molecule has 0 saturated carbocycles. The fourth-order valence-corrected chi connectivity index (χ4v) is 4.30. The first-order valence-electron chi connectivity index (χ1n) is 11.0. The second-order valence-corrected chi connectivity index (χ2v) is 8.83. The number of hydrogen-bond acceptors (Lipinski definition) is 4. The predicted octanol–water partition coefficient (Wildman–Crippen LogP) is 4.41. The zero-order valence-electron chi connectivity index (χ0n) is 19.6. The topological polar surface area (TPSA) is 106 Å². The number of rotatable bonds is 5. The van der Waals surface area contributed by atoms with Crippen LogP contribution in [0.3, 0.4) is 0 Å². The van der Waals surface area contributed by atoms with Crippen LogP contribution in [0.5, 0.6) is 0 Å². The van der Waals surface area contributed by atoms with Crippen LogP contribution in [-0.2, 0) is 6.54 Å². The fraction of sp³-hybridized carbons (Fsp3) is 0.269. The van der Waals surface area contributed by atoms with E-state index in [0.29, 0.717) is 16.9 Å². The number of anilines is 1. The lowest BCUT2D eigenvalue weighted by molar-refractivity contribution is 0.0952. The van der Waals surface area contributed by atoms with Crippen molar-refractivity contribution in [1.29, 1.82) is 0 Å². The number of carbonyl (C=O) groups excluding carboxylic acids is 1. The fourth-order valence-electron chi connectivity index (χ4n) is 4.30. The SMILES string of the molecule is Cc1cc(C)c(CNC(=O)c2cc(-c3ccc(N)nc3)cc3c2c(C)cn3C(C)C)c(=O)[nH]1. The van der Waals surface area contributed by atoms with Crippen molar-refractivity contribution in [3.63, 3.8) is 0 Å². The number of aromatic nitrogens is 3. The lowest BCUT2D eigenvalue weighted by Crippen LogP contribution is -2.28. The zero-order valence-corrected chi connectivity index (χ0v) is 19.6. The highest BCUT2D eigenvalue weighted by Crippen LogP contribution is 2.33. The highest BCUT2D eigenvalue weighted by Gasteiger charge is 2.19. The molecule has 170 valence electrons. The maximum Gasteiger partial charge on any atom is 0.253 e. The van der Waals surface area contributed by atoms with Gasteiger partial charge in [0.25, 0.3) is 11.5 Å². The lowest BCUT2D eigenvalue weighted by atomic mass is 9.98. The molecule has 0 unspecified atom stereocenters. The van der Waals surface area contributed by atoms with E-state index in [-0.39, 0.29) is 24.1 Å². The van der Waals surface area contributed by atoms with Gasteiger partial charge in [-0.25, -0.2) is 4.98 Å². The van der Waals surface area contributed by atoms with E-state index >= 15 is 0 Å². The van der Waals surface area contributed by atoms with Gasteiger partial charge in [0.15, 0.2) is 0 Å². The molecule has 0 aliphatic rings. The summed E-state index contributed by atoms with van der Waals surface area (Å²) in [5.41, 5.74) is 12.1. The van der Waals surface area contributed by atoms with Gasteiger partial charge < -0.3 is 20.6 Å². The predicted molar refractivity (Wildman–Crippen MR) is 132 cm³/mol. The summed E-state index contributed by atoms with van der Waals surface area (Å²) in [4.78, 5) is 32.8. The Morgan fingerprint density at radius 3 is 2.52 bits per heavy atom. The number of nitrogens with zero attached hydrogens (tertiary/aromatic N) is 2. The van der Waals surface area contributed by atoms with Crippen molar-refractivity contribution in [3.8, 4) is 11.1 Å². The molecule has 7 heteroatoms. The maximum atomic E-state index is 13.4. The molecular formula is C26H29N5O2. The number of fused-ring (bicyclic) bond motifs is 1. The molecule has 0 spiro atoms. The van der Waals surface area contributed by atoms with Crippen LogP contribution >= 0.6 is 0 Å². The minimum Gasteiger partial charge on any atom is -0.384 e. The molecule has 0 saturated heterocycles. The Morgan fingerprint density at radius 2 is 1.88 bits per heavy atom. The lowest BCUT2D eigenvalue weighted by Gasteiger charge is -2.14. The third-order valence-corrected chi connectivity index (χ3v) is 5.96. The first kappa shape index (κ1) is 22.3. The van der Waals surface area contributed by atoms with Crippen LogP contribution in [0.15, 0.2) is 47.5 Å². The van der Waals surface area contributed by atoms with E-state index in [0.717, 1.165) is 38.9 Å². The second-order valence-electron chi connectivity index (χ2n) is 8.83. The average molecular weight is 444 g/mol. The van der Waals surface area contributed by atoms with Crippen LogP contribution in [0.4, 0.5) is 5.82 Å². The summed E-state index contributed by atoms with van der Waals surface area (Å²) < 4.78 is 2.17. The molecule has 7 nitrogen and oxygen atoms in total. The van der Waals surface area contributed by atoms with Crippen LogP contribution in [0, 0.1) is 20.8 Å². The minimum absolute atomic E-state index is 0.152. The van der Waals surface area contributed by atoms with Gasteiger partial charge in [-0.2, -0.15) is 0 Å². The van der Waals surface area contributed by atoms with Crippen molar-refractivity contribution in [3.05, 3.63) is 81.0 Å². The summed E-state index contributed by atoms with van der Waals surface area (Å²) in [7, 11) is 0. The van der Waals surface area contributed by atoms with E-state index in [1.807, 2.05) is 39.0 Å². The van der Waals surface area contributed by atoms with Crippen LogP contribution in [0.1, 0.15) is 52.6 Å². The van der Waals surface area contributed by atoms with Gasteiger partial charge in [0.05, 0.1) is 0 Å². The normalized spacial score (nSPS) is 11.3. The Labute approximate surface area is 192 Å². The number of aryl methyl sites for hydroxylation is 3. The van der Waals surface area contributed by atoms with Gasteiger partial charge in [-0.1, -0.05) is 0 Å². The number of hydrogen-bond donors (Lipinski definition) is 3. The molecule has 1 aromatic carbocycles. The van der Waals surface area contributed by atoms with Gasteiger partial charge in [-0.15, -0.1) is 0 Å². The van der Waals surface area contributed by atoms with E-state index in [4.69, 9.17) is 5.73 Å². The average Bonchev–Trinajstić information content (AvgIpc) is 3.09. The van der Waals surface area contributed by atoms with Gasteiger partial charge in [0, 0.05) is 58.3 Å². The number of nitrogens with two attached hydrogens (primary N) is 1. The standard InChI is InChI=1S/C26H29N5O2/c1-14(2)31-13-16(4)24-20(9-19(10-22(24)31)18-6-7-23(27)28-11-18)25(32)29-12-21-15(3)8-17(5)30-26(21)33/h6-11,13-14H,12H2,1-5H3,(H2,27,28)(H,29,32)(H,30,33). The highest BCUT2D eigenvalue weighted by atomic mass is 16.1. The number of benzene rings is 1. The van der Waals surface area contributed by atoms with Crippen LogP contribution in [0.2, 0.25) is 0 Å². The molecular weight excluding hydrogens is 414 g/mol. The van der Waals surface area contributed by atoms with Crippen LogP contribution < -0.4 is 16.6 Å². The van der Waals surface area contributed by atoms with Crippen molar-refractivity contribution in [2.24, 2.45) is 0 Å². The van der Waals surface area contributed by atoms with Gasteiger partial charge in [-0.3, -0.25) is 9.59 Å². The molecule has 3 aromatic heterocycles. The minimum atomic E-state index is -0.228. The molecule has 0 bridgehead atoms. The van der Waals surface area contributed by atoms with Crippen molar-refractivity contribution in [1.82, 2.24) is 19.9 Å². The van der Waals surface area contributed by atoms with Crippen molar-refractivity contribution < 1.29 is 4.79 Å². The van der Waals surface area contributed by atoms with E-state index in [1.54, 1.807) is 12.3 Å². The summed E-state index contributed by atoms with van der Waals surface area (Å²) in [6.45, 7) is 10.1.